The molecule has 2 aromatic rings. The molecule has 0 spiro atoms. The average molecular weight is 318 g/mol. The molecule has 0 aliphatic rings. The maximum atomic E-state index is 6.42. The van der Waals surface area contributed by atoms with Gasteiger partial charge in [-0.2, -0.15) is 0 Å². The van der Waals surface area contributed by atoms with E-state index in [2.05, 4.69) is 72.2 Å². The highest BCUT2D eigenvalue weighted by molar-refractivity contribution is 9.10. The van der Waals surface area contributed by atoms with Crippen molar-refractivity contribution in [2.75, 3.05) is 0 Å². The highest BCUT2D eigenvalue weighted by Crippen LogP contribution is 2.28. The molecule has 0 fully saturated rings. The Labute approximate surface area is 124 Å². The molecule has 0 heterocycles. The molecule has 2 rings (SSSR count). The fourth-order valence-corrected chi connectivity index (χ4v) is 2.81. The van der Waals surface area contributed by atoms with Gasteiger partial charge in [-0.15, -0.1) is 0 Å². The van der Waals surface area contributed by atoms with Gasteiger partial charge in [0.15, 0.2) is 0 Å². The van der Waals surface area contributed by atoms with Gasteiger partial charge in [0, 0.05) is 4.47 Å². The molecule has 1 unspecified atom stereocenters. The van der Waals surface area contributed by atoms with Crippen molar-refractivity contribution in [2.24, 2.45) is 5.73 Å². The molecular weight excluding hydrogens is 298 g/mol. The lowest BCUT2D eigenvalue weighted by molar-refractivity contribution is 0.852. The van der Waals surface area contributed by atoms with Crippen LogP contribution in [0.25, 0.3) is 0 Å². The minimum Gasteiger partial charge on any atom is -0.320 e. The highest BCUT2D eigenvalue weighted by atomic mass is 79.9. The van der Waals surface area contributed by atoms with E-state index in [4.69, 9.17) is 5.73 Å². The Morgan fingerprint density at radius 1 is 1.16 bits per heavy atom. The molecule has 1 atom stereocenters. The lowest BCUT2D eigenvalue weighted by atomic mass is 9.96. The van der Waals surface area contributed by atoms with Crippen molar-refractivity contribution in [1.29, 1.82) is 0 Å². The molecule has 0 aliphatic carbocycles. The number of aryl methyl sites for hydroxylation is 2. The molecular formula is C17H20BrN. The van der Waals surface area contributed by atoms with Crippen LogP contribution in [0.15, 0.2) is 46.9 Å². The van der Waals surface area contributed by atoms with E-state index in [1.807, 2.05) is 0 Å². The molecule has 0 aliphatic heterocycles. The van der Waals surface area contributed by atoms with Crippen LogP contribution < -0.4 is 5.73 Å². The summed E-state index contributed by atoms with van der Waals surface area (Å²) in [5, 5.41) is 0. The van der Waals surface area contributed by atoms with Gasteiger partial charge in [-0.25, -0.2) is 0 Å². The van der Waals surface area contributed by atoms with Crippen LogP contribution >= 0.6 is 15.9 Å². The summed E-state index contributed by atoms with van der Waals surface area (Å²) in [6, 6.07) is 14.8. The minimum atomic E-state index is -0.0777. The zero-order valence-electron chi connectivity index (χ0n) is 11.5. The predicted octanol–water partition coefficient (Wildman–Crippen LogP) is 4.76. The Balaban J connectivity index is 2.35. The van der Waals surface area contributed by atoms with Gasteiger partial charge in [0.05, 0.1) is 6.04 Å². The Kier molecular flexibility index (Phi) is 4.78. The maximum absolute atomic E-state index is 6.42. The van der Waals surface area contributed by atoms with Crippen LogP contribution in [0.2, 0.25) is 0 Å². The van der Waals surface area contributed by atoms with E-state index >= 15 is 0 Å². The van der Waals surface area contributed by atoms with Gasteiger partial charge in [-0.05, 0) is 36.1 Å². The number of rotatable bonds is 4. The second-order valence-corrected chi connectivity index (χ2v) is 5.85. The number of halogens is 1. The summed E-state index contributed by atoms with van der Waals surface area (Å²) >= 11 is 3.60. The fourth-order valence-electron chi connectivity index (χ4n) is 2.31. The normalized spacial score (nSPS) is 12.4. The van der Waals surface area contributed by atoms with Gasteiger partial charge in [0.25, 0.3) is 0 Å². The van der Waals surface area contributed by atoms with Crippen molar-refractivity contribution in [1.82, 2.24) is 0 Å². The summed E-state index contributed by atoms with van der Waals surface area (Å²) in [5.41, 5.74) is 11.3. The van der Waals surface area contributed by atoms with Crippen molar-refractivity contribution in [3.63, 3.8) is 0 Å². The maximum Gasteiger partial charge on any atom is 0.0563 e. The Hall–Kier alpha value is -1.12. The molecule has 19 heavy (non-hydrogen) atoms. The van der Waals surface area contributed by atoms with Gasteiger partial charge >= 0.3 is 0 Å². The zero-order valence-corrected chi connectivity index (χ0v) is 13.1. The second kappa shape index (κ2) is 6.36. The van der Waals surface area contributed by atoms with Crippen molar-refractivity contribution in [3.8, 4) is 0 Å². The third-order valence-electron chi connectivity index (χ3n) is 3.34. The smallest absolute Gasteiger partial charge is 0.0563 e. The van der Waals surface area contributed by atoms with E-state index in [-0.39, 0.29) is 6.04 Å². The van der Waals surface area contributed by atoms with Gasteiger partial charge in [-0.3, -0.25) is 0 Å². The molecule has 1 nitrogen and oxygen atoms in total. The van der Waals surface area contributed by atoms with Gasteiger partial charge in [-0.1, -0.05) is 71.2 Å². The molecule has 0 saturated carbocycles. The van der Waals surface area contributed by atoms with E-state index in [1.165, 1.54) is 16.7 Å². The third kappa shape index (κ3) is 3.46. The Bertz CT molecular complexity index is 563. The molecule has 2 N–H and O–H groups in total. The standard InChI is InChI=1S/C17H20BrN/c1-3-5-13-6-4-7-14(11-13)17(19)15-10-12(2)8-9-16(15)18/h4,6-11,17H,3,5,19H2,1-2H3. The zero-order chi connectivity index (χ0) is 13.8. The van der Waals surface area contributed by atoms with Gasteiger partial charge in [0.2, 0.25) is 0 Å². The molecule has 100 valence electrons. The Morgan fingerprint density at radius 3 is 2.68 bits per heavy atom. The monoisotopic (exact) mass is 317 g/mol. The van der Waals surface area contributed by atoms with E-state index in [0.717, 1.165) is 22.9 Å². The predicted molar refractivity (Wildman–Crippen MR) is 85.3 cm³/mol. The summed E-state index contributed by atoms with van der Waals surface area (Å²) in [7, 11) is 0. The lowest BCUT2D eigenvalue weighted by Gasteiger charge is -2.16. The third-order valence-corrected chi connectivity index (χ3v) is 4.06. The van der Waals surface area contributed by atoms with Crippen molar-refractivity contribution >= 4 is 15.9 Å². The second-order valence-electron chi connectivity index (χ2n) is 5.00. The lowest BCUT2D eigenvalue weighted by Crippen LogP contribution is -2.13. The highest BCUT2D eigenvalue weighted by Gasteiger charge is 2.12. The number of benzene rings is 2. The number of nitrogens with two attached hydrogens (primary N) is 1. The molecule has 2 heteroatoms. The van der Waals surface area contributed by atoms with Crippen LogP contribution in [0.3, 0.4) is 0 Å². The average Bonchev–Trinajstić information content (AvgIpc) is 2.41. The van der Waals surface area contributed by atoms with Gasteiger partial charge < -0.3 is 5.73 Å². The molecule has 0 amide bonds. The van der Waals surface area contributed by atoms with Crippen LogP contribution in [0.1, 0.15) is 41.6 Å². The summed E-state index contributed by atoms with van der Waals surface area (Å²) < 4.78 is 1.08. The van der Waals surface area contributed by atoms with E-state index in [9.17, 15) is 0 Å². The van der Waals surface area contributed by atoms with Crippen LogP contribution in [0.5, 0.6) is 0 Å². The minimum absolute atomic E-state index is 0.0777. The number of hydrogen-bond acceptors (Lipinski definition) is 1. The summed E-state index contributed by atoms with van der Waals surface area (Å²) in [6.45, 7) is 4.29. The number of hydrogen-bond donors (Lipinski definition) is 1. The summed E-state index contributed by atoms with van der Waals surface area (Å²) in [4.78, 5) is 0. The first-order valence-corrected chi connectivity index (χ1v) is 7.51. The molecule has 0 saturated heterocycles. The van der Waals surface area contributed by atoms with E-state index in [0.29, 0.717) is 0 Å². The van der Waals surface area contributed by atoms with Crippen molar-refractivity contribution in [3.05, 3.63) is 69.2 Å². The van der Waals surface area contributed by atoms with Crippen LogP contribution in [0.4, 0.5) is 0 Å². The molecule has 2 aromatic carbocycles. The van der Waals surface area contributed by atoms with Crippen LogP contribution in [0, 0.1) is 6.92 Å². The fraction of sp³-hybridized carbons (Fsp3) is 0.294. The van der Waals surface area contributed by atoms with E-state index in [1.54, 1.807) is 0 Å². The first-order chi connectivity index (χ1) is 9.11. The summed E-state index contributed by atoms with van der Waals surface area (Å²) in [6.07, 6.45) is 2.27. The quantitative estimate of drug-likeness (QED) is 0.864. The largest absolute Gasteiger partial charge is 0.320 e. The topological polar surface area (TPSA) is 26.0 Å². The van der Waals surface area contributed by atoms with E-state index < -0.39 is 0 Å². The summed E-state index contributed by atoms with van der Waals surface area (Å²) in [5.74, 6) is 0. The molecule has 0 aromatic heterocycles. The first-order valence-electron chi connectivity index (χ1n) is 6.72. The van der Waals surface area contributed by atoms with Crippen LogP contribution in [-0.2, 0) is 6.42 Å². The van der Waals surface area contributed by atoms with Crippen LogP contribution in [-0.4, -0.2) is 0 Å². The van der Waals surface area contributed by atoms with Crippen molar-refractivity contribution < 1.29 is 0 Å². The molecule has 0 radical (unpaired) electrons. The van der Waals surface area contributed by atoms with Crippen molar-refractivity contribution in [2.45, 2.75) is 32.7 Å². The van der Waals surface area contributed by atoms with Gasteiger partial charge in [0.1, 0.15) is 0 Å². The first kappa shape index (κ1) is 14.3. The Morgan fingerprint density at radius 2 is 1.95 bits per heavy atom. The molecule has 0 bridgehead atoms. The SMILES string of the molecule is CCCc1cccc(C(N)c2cc(C)ccc2Br)c1.